The van der Waals surface area contributed by atoms with E-state index in [9.17, 15) is 8.42 Å². The second-order valence-corrected chi connectivity index (χ2v) is 9.30. The summed E-state index contributed by atoms with van der Waals surface area (Å²) in [6, 6.07) is 0.692. The molecule has 104 valence electrons. The van der Waals surface area contributed by atoms with E-state index in [0.29, 0.717) is 6.04 Å². The van der Waals surface area contributed by atoms with Crippen LogP contribution in [0.2, 0.25) is 0 Å². The lowest BCUT2D eigenvalue weighted by Gasteiger charge is -2.55. The zero-order valence-corrected chi connectivity index (χ0v) is 12.2. The SMILES string of the molecule is CC(CS(C)(=O)=O)NC1C2CC3CC(C2)CC1C3. The van der Waals surface area contributed by atoms with Gasteiger partial charge in [-0.1, -0.05) is 0 Å². The van der Waals surface area contributed by atoms with Crippen LogP contribution in [0.3, 0.4) is 0 Å². The first-order valence-corrected chi connectivity index (χ1v) is 9.40. The fourth-order valence-electron chi connectivity index (χ4n) is 5.03. The summed E-state index contributed by atoms with van der Waals surface area (Å²) in [6.07, 6.45) is 8.35. The van der Waals surface area contributed by atoms with E-state index in [1.54, 1.807) is 0 Å². The van der Waals surface area contributed by atoms with Gasteiger partial charge in [0.15, 0.2) is 0 Å². The largest absolute Gasteiger partial charge is 0.310 e. The van der Waals surface area contributed by atoms with E-state index >= 15 is 0 Å². The molecule has 0 aromatic heterocycles. The van der Waals surface area contributed by atoms with Gasteiger partial charge in [0.25, 0.3) is 0 Å². The van der Waals surface area contributed by atoms with Crippen LogP contribution in [0.25, 0.3) is 0 Å². The van der Waals surface area contributed by atoms with Gasteiger partial charge >= 0.3 is 0 Å². The van der Waals surface area contributed by atoms with Crippen LogP contribution in [-0.4, -0.2) is 32.5 Å². The van der Waals surface area contributed by atoms with Crippen LogP contribution in [0, 0.1) is 23.7 Å². The van der Waals surface area contributed by atoms with E-state index in [0.717, 1.165) is 23.7 Å². The first kappa shape index (κ1) is 12.9. The molecular formula is C14H25NO2S. The summed E-state index contributed by atoms with van der Waals surface area (Å²) in [6.45, 7) is 2.02. The highest BCUT2D eigenvalue weighted by Crippen LogP contribution is 2.53. The van der Waals surface area contributed by atoms with E-state index in [1.165, 1.54) is 38.4 Å². The molecule has 1 N–H and O–H groups in total. The van der Waals surface area contributed by atoms with E-state index in [2.05, 4.69) is 5.32 Å². The molecule has 4 rings (SSSR count). The zero-order chi connectivity index (χ0) is 12.9. The van der Waals surface area contributed by atoms with Crippen LogP contribution in [0.1, 0.15) is 39.0 Å². The zero-order valence-electron chi connectivity index (χ0n) is 11.4. The maximum Gasteiger partial charge on any atom is 0.148 e. The molecule has 0 amide bonds. The van der Waals surface area contributed by atoms with Gasteiger partial charge in [0.2, 0.25) is 0 Å². The number of rotatable bonds is 4. The molecule has 0 heterocycles. The Bertz CT molecular complexity index is 390. The monoisotopic (exact) mass is 271 g/mol. The van der Waals surface area contributed by atoms with Gasteiger partial charge in [-0.05, 0) is 62.7 Å². The fraction of sp³-hybridized carbons (Fsp3) is 1.00. The van der Waals surface area contributed by atoms with Gasteiger partial charge in [0.05, 0.1) is 5.75 Å². The summed E-state index contributed by atoms with van der Waals surface area (Å²) in [5.41, 5.74) is 0. The van der Waals surface area contributed by atoms with Crippen LogP contribution < -0.4 is 5.32 Å². The Morgan fingerprint density at radius 2 is 1.56 bits per heavy atom. The fourth-order valence-corrected chi connectivity index (χ4v) is 6.03. The molecule has 0 aromatic carbocycles. The molecule has 0 spiro atoms. The lowest BCUT2D eigenvalue weighted by atomic mass is 9.54. The van der Waals surface area contributed by atoms with Crippen LogP contribution >= 0.6 is 0 Å². The smallest absolute Gasteiger partial charge is 0.148 e. The molecule has 3 nitrogen and oxygen atoms in total. The van der Waals surface area contributed by atoms with Gasteiger partial charge in [-0.3, -0.25) is 0 Å². The molecule has 0 radical (unpaired) electrons. The van der Waals surface area contributed by atoms with Crippen molar-refractivity contribution in [3.05, 3.63) is 0 Å². The Labute approximate surface area is 111 Å². The third-order valence-corrected chi connectivity index (χ3v) is 6.36. The standard InChI is InChI=1S/C14H25NO2S/c1-9(8-18(2,16)17)15-14-12-4-10-3-11(6-12)7-13(14)5-10/h9-15H,3-8H2,1-2H3. The van der Waals surface area contributed by atoms with E-state index in [4.69, 9.17) is 0 Å². The molecule has 0 aromatic rings. The number of hydrogen-bond donors (Lipinski definition) is 1. The number of hydrogen-bond acceptors (Lipinski definition) is 3. The highest BCUT2D eigenvalue weighted by molar-refractivity contribution is 7.90. The minimum absolute atomic E-state index is 0.0996. The van der Waals surface area contributed by atoms with Crippen molar-refractivity contribution in [3.8, 4) is 0 Å². The highest BCUT2D eigenvalue weighted by atomic mass is 32.2. The summed E-state index contributed by atoms with van der Waals surface area (Å²) >= 11 is 0. The van der Waals surface area contributed by atoms with Crippen molar-refractivity contribution < 1.29 is 8.42 Å². The molecule has 1 atom stereocenters. The molecular weight excluding hydrogens is 246 g/mol. The topological polar surface area (TPSA) is 46.2 Å². The second kappa shape index (κ2) is 4.48. The van der Waals surface area contributed by atoms with Gasteiger partial charge < -0.3 is 5.32 Å². The summed E-state index contributed by atoms with van der Waals surface area (Å²) in [5, 5.41) is 3.64. The van der Waals surface area contributed by atoms with Crippen molar-refractivity contribution in [2.45, 2.75) is 51.1 Å². The van der Waals surface area contributed by atoms with Crippen LogP contribution in [-0.2, 0) is 9.84 Å². The molecule has 0 saturated heterocycles. The lowest BCUT2D eigenvalue weighted by Crippen LogP contribution is -2.57. The Kier molecular flexibility index (Phi) is 3.22. The molecule has 4 aliphatic carbocycles. The molecule has 4 saturated carbocycles. The second-order valence-electron chi connectivity index (χ2n) is 7.12. The summed E-state index contributed by atoms with van der Waals surface area (Å²) in [4.78, 5) is 0. The van der Waals surface area contributed by atoms with E-state index < -0.39 is 9.84 Å². The van der Waals surface area contributed by atoms with E-state index in [1.807, 2.05) is 6.92 Å². The minimum atomic E-state index is -2.86. The average Bonchev–Trinajstić information content (AvgIpc) is 2.19. The third-order valence-electron chi connectivity index (χ3n) is 5.26. The quantitative estimate of drug-likeness (QED) is 0.848. The first-order valence-electron chi connectivity index (χ1n) is 7.34. The molecule has 4 heteroatoms. The highest BCUT2D eigenvalue weighted by Gasteiger charge is 2.48. The van der Waals surface area contributed by atoms with Crippen molar-refractivity contribution in [3.63, 3.8) is 0 Å². The summed E-state index contributed by atoms with van der Waals surface area (Å²) in [5.74, 6) is 3.88. The Balaban J connectivity index is 1.63. The normalized spacial score (nSPS) is 44.2. The summed E-state index contributed by atoms with van der Waals surface area (Å²) in [7, 11) is -2.86. The molecule has 4 fully saturated rings. The minimum Gasteiger partial charge on any atom is -0.310 e. The lowest BCUT2D eigenvalue weighted by molar-refractivity contribution is -0.0161. The van der Waals surface area contributed by atoms with Gasteiger partial charge in [0, 0.05) is 18.3 Å². The Morgan fingerprint density at radius 3 is 2.00 bits per heavy atom. The molecule has 4 aliphatic rings. The maximum absolute atomic E-state index is 11.3. The van der Waals surface area contributed by atoms with Gasteiger partial charge in [-0.15, -0.1) is 0 Å². The molecule has 18 heavy (non-hydrogen) atoms. The maximum atomic E-state index is 11.3. The number of sulfone groups is 1. The van der Waals surface area contributed by atoms with Crippen molar-refractivity contribution in [1.29, 1.82) is 0 Å². The van der Waals surface area contributed by atoms with E-state index in [-0.39, 0.29) is 11.8 Å². The van der Waals surface area contributed by atoms with Crippen molar-refractivity contribution in [1.82, 2.24) is 5.32 Å². The van der Waals surface area contributed by atoms with Crippen molar-refractivity contribution in [2.24, 2.45) is 23.7 Å². The Hall–Kier alpha value is -0.0900. The predicted molar refractivity (Wildman–Crippen MR) is 73.1 cm³/mol. The van der Waals surface area contributed by atoms with Crippen LogP contribution in [0.5, 0.6) is 0 Å². The molecule has 4 bridgehead atoms. The summed E-state index contributed by atoms with van der Waals surface area (Å²) < 4.78 is 22.7. The number of nitrogens with one attached hydrogen (secondary N) is 1. The molecule has 1 unspecified atom stereocenters. The first-order chi connectivity index (χ1) is 8.40. The van der Waals surface area contributed by atoms with Crippen LogP contribution in [0.15, 0.2) is 0 Å². The van der Waals surface area contributed by atoms with Crippen molar-refractivity contribution >= 4 is 9.84 Å². The third kappa shape index (κ3) is 2.60. The van der Waals surface area contributed by atoms with Gasteiger partial charge in [-0.25, -0.2) is 8.42 Å². The average molecular weight is 271 g/mol. The predicted octanol–water partition coefficient (Wildman–Crippen LogP) is 1.83. The van der Waals surface area contributed by atoms with Crippen LogP contribution in [0.4, 0.5) is 0 Å². The molecule has 0 aliphatic heterocycles. The Morgan fingerprint density at radius 1 is 1.06 bits per heavy atom. The van der Waals surface area contributed by atoms with Gasteiger partial charge in [0.1, 0.15) is 9.84 Å². The van der Waals surface area contributed by atoms with Crippen molar-refractivity contribution in [2.75, 3.05) is 12.0 Å². The van der Waals surface area contributed by atoms with Gasteiger partial charge in [-0.2, -0.15) is 0 Å².